The fraction of sp³-hybridized carbons (Fsp3) is 0.0769. The molecule has 1 heterocycles. The van der Waals surface area contributed by atoms with Gasteiger partial charge in [0.25, 0.3) is 0 Å². The molecule has 0 fully saturated rings. The summed E-state index contributed by atoms with van der Waals surface area (Å²) in [5, 5.41) is 2.61. The van der Waals surface area contributed by atoms with E-state index in [9.17, 15) is 8.78 Å². The van der Waals surface area contributed by atoms with Crippen molar-refractivity contribution in [1.29, 1.82) is 0 Å². The molecule has 0 bridgehead atoms. The fourth-order valence-corrected chi connectivity index (χ4v) is 2.20. The van der Waals surface area contributed by atoms with E-state index in [1.54, 1.807) is 19.1 Å². The average molecular weight is 358 g/mol. The summed E-state index contributed by atoms with van der Waals surface area (Å²) < 4.78 is 27.9. The predicted molar refractivity (Wildman–Crippen MR) is 82.2 cm³/mol. The third-order valence-electron chi connectivity index (χ3n) is 2.55. The van der Waals surface area contributed by atoms with Crippen molar-refractivity contribution in [2.45, 2.75) is 6.92 Å². The van der Waals surface area contributed by atoms with Gasteiger partial charge in [-0.25, -0.2) is 13.8 Å². The maximum Gasteiger partial charge on any atom is 0.150 e. The average Bonchev–Trinajstić information content (AvgIpc) is 2.33. The van der Waals surface area contributed by atoms with Gasteiger partial charge in [0.15, 0.2) is 11.6 Å². The first kappa shape index (κ1) is 14.8. The first-order valence-electron chi connectivity index (χ1n) is 5.57. The van der Waals surface area contributed by atoms with Gasteiger partial charge < -0.3 is 11.1 Å². The Morgan fingerprint density at radius 1 is 1.30 bits per heavy atom. The molecule has 1 aromatic carbocycles. The van der Waals surface area contributed by atoms with Gasteiger partial charge in [0.1, 0.15) is 16.5 Å². The van der Waals surface area contributed by atoms with Crippen molar-refractivity contribution in [3.63, 3.8) is 0 Å². The number of hydrogen-bond donors (Lipinski definition) is 2. The Balaban J connectivity index is 2.50. The van der Waals surface area contributed by atoms with Crippen LogP contribution in [0.15, 0.2) is 28.7 Å². The quantitative estimate of drug-likeness (QED) is 0.820. The highest BCUT2D eigenvalue weighted by Crippen LogP contribution is 2.27. The molecule has 0 amide bonds. The molecule has 0 unspecified atom stereocenters. The summed E-state index contributed by atoms with van der Waals surface area (Å²) >= 11 is 7.92. The number of pyridine rings is 1. The summed E-state index contributed by atoms with van der Waals surface area (Å²) in [6.07, 6.45) is 0. The van der Waals surface area contributed by atoms with Crippen molar-refractivity contribution < 1.29 is 8.78 Å². The monoisotopic (exact) mass is 357 g/mol. The second kappa shape index (κ2) is 5.80. The molecule has 2 rings (SSSR count). The molecule has 2 aromatic rings. The van der Waals surface area contributed by atoms with Crippen molar-refractivity contribution in [2.75, 3.05) is 5.32 Å². The molecule has 7 heteroatoms. The van der Waals surface area contributed by atoms with Crippen molar-refractivity contribution in [1.82, 2.24) is 4.98 Å². The molecule has 0 spiro atoms. The van der Waals surface area contributed by atoms with Crippen LogP contribution in [0.5, 0.6) is 0 Å². The Labute approximate surface area is 128 Å². The Kier molecular flexibility index (Phi) is 4.29. The van der Waals surface area contributed by atoms with E-state index >= 15 is 0 Å². The summed E-state index contributed by atoms with van der Waals surface area (Å²) in [7, 11) is 0. The molecule has 3 N–H and O–H groups in total. The number of anilines is 2. The van der Waals surface area contributed by atoms with Crippen LogP contribution in [0, 0.1) is 18.6 Å². The molecule has 20 heavy (non-hydrogen) atoms. The SMILES string of the molecule is Cc1ccc(C(N)=S)c(Nc2c(F)cc(Br)cc2F)n1. The van der Waals surface area contributed by atoms with Crippen LogP contribution in [0.1, 0.15) is 11.3 Å². The van der Waals surface area contributed by atoms with E-state index in [-0.39, 0.29) is 16.5 Å². The highest BCUT2D eigenvalue weighted by atomic mass is 79.9. The van der Waals surface area contributed by atoms with Crippen LogP contribution < -0.4 is 11.1 Å². The van der Waals surface area contributed by atoms with E-state index in [0.717, 1.165) is 12.1 Å². The largest absolute Gasteiger partial charge is 0.389 e. The van der Waals surface area contributed by atoms with Crippen molar-refractivity contribution in [3.05, 3.63) is 51.6 Å². The molecule has 0 aliphatic carbocycles. The normalized spacial score (nSPS) is 10.4. The van der Waals surface area contributed by atoms with Crippen LogP contribution in [0.25, 0.3) is 0 Å². The van der Waals surface area contributed by atoms with Gasteiger partial charge in [-0.05, 0) is 31.2 Å². The lowest BCUT2D eigenvalue weighted by Crippen LogP contribution is -2.14. The molecule has 0 aliphatic heterocycles. The highest BCUT2D eigenvalue weighted by molar-refractivity contribution is 9.10. The number of benzene rings is 1. The number of halogens is 3. The minimum Gasteiger partial charge on any atom is -0.389 e. The maximum atomic E-state index is 13.8. The van der Waals surface area contributed by atoms with Crippen molar-refractivity contribution >= 4 is 44.6 Å². The number of rotatable bonds is 3. The zero-order valence-electron chi connectivity index (χ0n) is 10.4. The standard InChI is InChI=1S/C13H10BrF2N3S/c1-6-2-3-8(12(17)20)13(18-6)19-11-9(15)4-7(14)5-10(11)16/h2-5H,1H3,(H2,17,20)(H,18,19). The van der Waals surface area contributed by atoms with Crippen LogP contribution >= 0.6 is 28.1 Å². The van der Waals surface area contributed by atoms with Gasteiger partial charge >= 0.3 is 0 Å². The van der Waals surface area contributed by atoms with Gasteiger partial charge in [0, 0.05) is 10.2 Å². The number of aromatic nitrogens is 1. The molecule has 0 radical (unpaired) electrons. The summed E-state index contributed by atoms with van der Waals surface area (Å²) in [5.74, 6) is -1.26. The molecule has 0 saturated carbocycles. The number of nitrogens with two attached hydrogens (primary N) is 1. The lowest BCUT2D eigenvalue weighted by atomic mass is 10.2. The Morgan fingerprint density at radius 2 is 1.90 bits per heavy atom. The third kappa shape index (κ3) is 3.10. The summed E-state index contributed by atoms with van der Waals surface area (Å²) in [4.78, 5) is 4.27. The van der Waals surface area contributed by atoms with Gasteiger partial charge in [-0.15, -0.1) is 0 Å². The molecule has 1 aromatic heterocycles. The Hall–Kier alpha value is -1.60. The zero-order valence-corrected chi connectivity index (χ0v) is 12.8. The van der Waals surface area contributed by atoms with Crippen LogP contribution in [0.3, 0.4) is 0 Å². The van der Waals surface area contributed by atoms with E-state index in [2.05, 4.69) is 26.2 Å². The summed E-state index contributed by atoms with van der Waals surface area (Å²) in [5.41, 5.74) is 6.37. The number of nitrogens with one attached hydrogen (secondary N) is 1. The van der Waals surface area contributed by atoms with Gasteiger partial charge in [0.2, 0.25) is 0 Å². The molecular formula is C13H10BrF2N3S. The fourth-order valence-electron chi connectivity index (χ4n) is 1.63. The number of nitrogens with zero attached hydrogens (tertiary/aromatic N) is 1. The number of hydrogen-bond acceptors (Lipinski definition) is 3. The lowest BCUT2D eigenvalue weighted by molar-refractivity contribution is 0.589. The summed E-state index contributed by atoms with van der Waals surface area (Å²) in [6, 6.07) is 5.68. The molecule has 0 atom stereocenters. The van der Waals surface area contributed by atoms with Crippen LogP contribution in [0.4, 0.5) is 20.3 Å². The van der Waals surface area contributed by atoms with Crippen LogP contribution in [-0.4, -0.2) is 9.97 Å². The minimum atomic E-state index is -0.742. The minimum absolute atomic E-state index is 0.0953. The molecule has 3 nitrogen and oxygen atoms in total. The lowest BCUT2D eigenvalue weighted by Gasteiger charge is -2.12. The smallest absolute Gasteiger partial charge is 0.150 e. The molecule has 0 saturated heterocycles. The number of aryl methyl sites for hydroxylation is 1. The first-order chi connectivity index (χ1) is 9.38. The molecule has 0 aliphatic rings. The zero-order chi connectivity index (χ0) is 14.9. The van der Waals surface area contributed by atoms with Gasteiger partial charge in [-0.2, -0.15) is 0 Å². The van der Waals surface area contributed by atoms with E-state index in [1.807, 2.05) is 0 Å². The van der Waals surface area contributed by atoms with Gasteiger partial charge in [-0.1, -0.05) is 28.1 Å². The molecular weight excluding hydrogens is 348 g/mol. The van der Waals surface area contributed by atoms with Crippen molar-refractivity contribution in [2.24, 2.45) is 5.73 Å². The van der Waals surface area contributed by atoms with E-state index < -0.39 is 11.6 Å². The summed E-state index contributed by atoms with van der Waals surface area (Å²) in [6.45, 7) is 1.75. The highest BCUT2D eigenvalue weighted by Gasteiger charge is 2.14. The van der Waals surface area contributed by atoms with Crippen LogP contribution in [0.2, 0.25) is 0 Å². The Bertz CT molecular complexity index is 668. The number of thiocarbonyl (C=S) groups is 1. The van der Waals surface area contributed by atoms with Crippen molar-refractivity contribution in [3.8, 4) is 0 Å². The molecule has 104 valence electrons. The third-order valence-corrected chi connectivity index (χ3v) is 3.23. The van der Waals surface area contributed by atoms with Gasteiger partial charge in [-0.3, -0.25) is 0 Å². The second-order valence-corrected chi connectivity index (χ2v) is 5.44. The predicted octanol–water partition coefficient (Wildman–Crippen LogP) is 3.81. The van der Waals surface area contributed by atoms with E-state index in [1.165, 1.54) is 0 Å². The topological polar surface area (TPSA) is 50.9 Å². The van der Waals surface area contributed by atoms with E-state index in [0.29, 0.717) is 15.7 Å². The Morgan fingerprint density at radius 3 is 2.45 bits per heavy atom. The second-order valence-electron chi connectivity index (χ2n) is 4.08. The van der Waals surface area contributed by atoms with Gasteiger partial charge in [0.05, 0.1) is 5.56 Å². The maximum absolute atomic E-state index is 13.8. The first-order valence-corrected chi connectivity index (χ1v) is 6.77. The van der Waals surface area contributed by atoms with Crippen LogP contribution in [-0.2, 0) is 0 Å². The van der Waals surface area contributed by atoms with E-state index in [4.69, 9.17) is 18.0 Å².